The van der Waals surface area contributed by atoms with Gasteiger partial charge in [-0.2, -0.15) is 0 Å². The van der Waals surface area contributed by atoms with E-state index in [2.05, 4.69) is 0 Å². The minimum absolute atomic E-state index is 0.397. The van der Waals surface area contributed by atoms with Gasteiger partial charge in [0.1, 0.15) is 5.82 Å². The third kappa shape index (κ3) is 3.02. The number of hydrogen-bond donors (Lipinski definition) is 1. The normalized spacial score (nSPS) is 15.8. The fraction of sp³-hybridized carbons (Fsp3) is 0.455. The Hall–Kier alpha value is -0.940. The van der Waals surface area contributed by atoms with Gasteiger partial charge in [0.25, 0.3) is 0 Å². The molecule has 2 unspecified atom stereocenters. The number of halogens is 1. The van der Waals surface area contributed by atoms with Crippen LogP contribution in [0.1, 0.15) is 24.1 Å². The molecule has 1 rings (SSSR count). The summed E-state index contributed by atoms with van der Waals surface area (Å²) in [6.45, 7) is 3.27. The Balaban J connectivity index is 3.10. The minimum Gasteiger partial charge on any atom is -0.323 e. The van der Waals surface area contributed by atoms with E-state index in [-0.39, 0.29) is 0 Å². The van der Waals surface area contributed by atoms with Gasteiger partial charge >= 0.3 is 0 Å². The molecule has 0 fully saturated rings. The van der Waals surface area contributed by atoms with Gasteiger partial charge in [-0.15, -0.1) is 0 Å². The quantitative estimate of drug-likeness (QED) is 0.879. The van der Waals surface area contributed by atoms with Crippen LogP contribution in [-0.4, -0.2) is 19.9 Å². The molecule has 0 amide bonds. The molecular formula is C11H16FNO2S. The van der Waals surface area contributed by atoms with Crippen molar-refractivity contribution in [2.24, 2.45) is 5.73 Å². The van der Waals surface area contributed by atoms with E-state index < -0.39 is 26.9 Å². The van der Waals surface area contributed by atoms with Crippen molar-refractivity contribution in [3.05, 3.63) is 35.1 Å². The molecule has 1 aromatic carbocycles. The second-order valence-corrected chi connectivity index (χ2v) is 6.52. The van der Waals surface area contributed by atoms with Crippen LogP contribution in [0, 0.1) is 12.7 Å². The molecule has 0 saturated carbocycles. The lowest BCUT2D eigenvalue weighted by molar-refractivity contribution is 0.567. The summed E-state index contributed by atoms with van der Waals surface area (Å²) in [6.07, 6.45) is 1.13. The summed E-state index contributed by atoms with van der Waals surface area (Å²) in [5.41, 5.74) is 7.05. The van der Waals surface area contributed by atoms with Crippen molar-refractivity contribution >= 4 is 9.84 Å². The van der Waals surface area contributed by atoms with Gasteiger partial charge in [0, 0.05) is 12.3 Å². The number of sulfone groups is 1. The van der Waals surface area contributed by atoms with Crippen molar-refractivity contribution in [1.29, 1.82) is 0 Å². The predicted molar refractivity (Wildman–Crippen MR) is 62.4 cm³/mol. The Morgan fingerprint density at radius 3 is 2.31 bits per heavy atom. The molecular weight excluding hydrogens is 229 g/mol. The number of aryl methyl sites for hydroxylation is 1. The van der Waals surface area contributed by atoms with Gasteiger partial charge in [-0.05, 0) is 37.1 Å². The first-order valence-electron chi connectivity index (χ1n) is 4.93. The first kappa shape index (κ1) is 13.1. The zero-order chi connectivity index (χ0) is 12.5. The Bertz CT molecular complexity index is 465. The van der Waals surface area contributed by atoms with Crippen LogP contribution in [0.25, 0.3) is 0 Å². The lowest BCUT2D eigenvalue weighted by Crippen LogP contribution is -2.30. The van der Waals surface area contributed by atoms with Crippen LogP contribution >= 0.6 is 0 Å². The highest BCUT2D eigenvalue weighted by atomic mass is 32.2. The average molecular weight is 245 g/mol. The summed E-state index contributed by atoms with van der Waals surface area (Å²) in [6, 6.07) is 3.65. The summed E-state index contributed by atoms with van der Waals surface area (Å²) < 4.78 is 35.8. The smallest absolute Gasteiger partial charge is 0.151 e. The van der Waals surface area contributed by atoms with E-state index in [0.29, 0.717) is 5.56 Å². The molecule has 0 heterocycles. The van der Waals surface area contributed by atoms with E-state index in [1.54, 1.807) is 13.0 Å². The van der Waals surface area contributed by atoms with Crippen molar-refractivity contribution in [3.8, 4) is 0 Å². The van der Waals surface area contributed by atoms with Crippen LogP contribution in [0.5, 0.6) is 0 Å². The molecule has 2 N–H and O–H groups in total. The van der Waals surface area contributed by atoms with Crippen molar-refractivity contribution in [2.75, 3.05) is 6.26 Å². The number of rotatable bonds is 3. The Morgan fingerprint density at radius 2 is 1.88 bits per heavy atom. The topological polar surface area (TPSA) is 60.2 Å². The molecule has 0 radical (unpaired) electrons. The van der Waals surface area contributed by atoms with Crippen LogP contribution in [-0.2, 0) is 9.84 Å². The third-order valence-electron chi connectivity index (χ3n) is 2.63. The second-order valence-electron chi connectivity index (χ2n) is 4.12. The SMILES string of the molecule is Cc1cc(F)cc(C(N)C(C)S(C)(=O)=O)c1. The monoisotopic (exact) mass is 245 g/mol. The van der Waals surface area contributed by atoms with Gasteiger partial charge in [0.2, 0.25) is 0 Å². The van der Waals surface area contributed by atoms with Crippen LogP contribution < -0.4 is 5.73 Å². The van der Waals surface area contributed by atoms with Crippen LogP contribution in [0.2, 0.25) is 0 Å². The molecule has 0 spiro atoms. The predicted octanol–water partition coefficient (Wildman–Crippen LogP) is 1.57. The van der Waals surface area contributed by atoms with E-state index in [1.165, 1.54) is 19.1 Å². The van der Waals surface area contributed by atoms with E-state index >= 15 is 0 Å². The summed E-state index contributed by atoms with van der Waals surface area (Å²) in [5, 5.41) is -0.728. The molecule has 0 aliphatic heterocycles. The van der Waals surface area contributed by atoms with Crippen LogP contribution in [0.15, 0.2) is 18.2 Å². The summed E-state index contributed by atoms with van der Waals surface area (Å²) in [4.78, 5) is 0. The molecule has 90 valence electrons. The fourth-order valence-corrected chi connectivity index (χ4v) is 2.18. The van der Waals surface area contributed by atoms with Crippen molar-refractivity contribution < 1.29 is 12.8 Å². The third-order valence-corrected chi connectivity index (χ3v) is 4.27. The van der Waals surface area contributed by atoms with Gasteiger partial charge in [-0.25, -0.2) is 12.8 Å². The molecule has 2 atom stereocenters. The summed E-state index contributed by atoms with van der Waals surface area (Å²) >= 11 is 0. The molecule has 0 aromatic heterocycles. The largest absolute Gasteiger partial charge is 0.323 e. The lowest BCUT2D eigenvalue weighted by Gasteiger charge is -2.19. The van der Waals surface area contributed by atoms with Crippen molar-refractivity contribution in [2.45, 2.75) is 25.1 Å². The number of nitrogens with two attached hydrogens (primary N) is 1. The van der Waals surface area contributed by atoms with Crippen LogP contribution in [0.3, 0.4) is 0 Å². The fourth-order valence-electron chi connectivity index (χ4n) is 1.49. The average Bonchev–Trinajstić information content (AvgIpc) is 2.12. The van der Waals surface area contributed by atoms with Gasteiger partial charge in [-0.1, -0.05) is 6.07 Å². The van der Waals surface area contributed by atoms with Gasteiger partial charge in [-0.3, -0.25) is 0 Å². The highest BCUT2D eigenvalue weighted by molar-refractivity contribution is 7.91. The second kappa shape index (κ2) is 4.51. The Kier molecular flexibility index (Phi) is 3.70. The highest BCUT2D eigenvalue weighted by Crippen LogP contribution is 2.21. The molecule has 16 heavy (non-hydrogen) atoms. The van der Waals surface area contributed by atoms with Crippen molar-refractivity contribution in [1.82, 2.24) is 0 Å². The summed E-state index contributed by atoms with van der Waals surface area (Å²) in [7, 11) is -3.22. The first-order chi connectivity index (χ1) is 7.21. The molecule has 5 heteroatoms. The number of benzene rings is 1. The molecule has 0 saturated heterocycles. The van der Waals surface area contributed by atoms with E-state index in [9.17, 15) is 12.8 Å². The van der Waals surface area contributed by atoms with Gasteiger partial charge in [0.15, 0.2) is 9.84 Å². The maximum absolute atomic E-state index is 13.1. The maximum atomic E-state index is 13.1. The van der Waals surface area contributed by atoms with Crippen molar-refractivity contribution in [3.63, 3.8) is 0 Å². The first-order valence-corrected chi connectivity index (χ1v) is 6.89. The Labute approximate surface area is 95.4 Å². The maximum Gasteiger partial charge on any atom is 0.151 e. The molecule has 1 aromatic rings. The van der Waals surface area contributed by atoms with E-state index in [1.807, 2.05) is 0 Å². The minimum atomic E-state index is -3.22. The Morgan fingerprint density at radius 1 is 1.31 bits per heavy atom. The standard InChI is InChI=1S/C11H16FNO2S/c1-7-4-9(6-10(12)5-7)11(13)8(2)16(3,14)15/h4-6,8,11H,13H2,1-3H3. The molecule has 3 nitrogen and oxygen atoms in total. The summed E-state index contributed by atoms with van der Waals surface area (Å²) in [5.74, 6) is -0.397. The number of hydrogen-bond acceptors (Lipinski definition) is 3. The van der Waals surface area contributed by atoms with Gasteiger partial charge in [0.05, 0.1) is 5.25 Å². The zero-order valence-electron chi connectivity index (χ0n) is 9.57. The van der Waals surface area contributed by atoms with E-state index in [4.69, 9.17) is 5.73 Å². The van der Waals surface area contributed by atoms with Gasteiger partial charge < -0.3 is 5.73 Å². The van der Waals surface area contributed by atoms with E-state index in [0.717, 1.165) is 11.8 Å². The van der Waals surface area contributed by atoms with Crippen LogP contribution in [0.4, 0.5) is 4.39 Å². The molecule has 0 aliphatic carbocycles. The molecule has 0 aliphatic rings. The lowest BCUT2D eigenvalue weighted by atomic mass is 10.0. The highest BCUT2D eigenvalue weighted by Gasteiger charge is 2.24. The molecule has 0 bridgehead atoms. The zero-order valence-corrected chi connectivity index (χ0v) is 10.4.